The molecule has 1 aromatic heterocycles. The van der Waals surface area contributed by atoms with Gasteiger partial charge >= 0.3 is 0 Å². The minimum Gasteiger partial charge on any atom is -0.365 e. The molecule has 0 atom stereocenters. The predicted molar refractivity (Wildman–Crippen MR) is 144 cm³/mol. The Morgan fingerprint density at radius 2 is 1.86 bits per heavy atom. The van der Waals surface area contributed by atoms with Crippen LogP contribution in [0.15, 0.2) is 42.5 Å². The van der Waals surface area contributed by atoms with E-state index in [4.69, 9.17) is 23.2 Å². The van der Waals surface area contributed by atoms with Gasteiger partial charge in [0.25, 0.3) is 11.8 Å². The van der Waals surface area contributed by atoms with E-state index in [-0.39, 0.29) is 23.2 Å². The van der Waals surface area contributed by atoms with Gasteiger partial charge in [-0.2, -0.15) is 0 Å². The number of fused-ring (bicyclic) bond motifs is 1. The van der Waals surface area contributed by atoms with E-state index >= 15 is 0 Å². The van der Waals surface area contributed by atoms with Crippen LogP contribution in [0.3, 0.4) is 0 Å². The van der Waals surface area contributed by atoms with Gasteiger partial charge in [0.2, 0.25) is 0 Å². The van der Waals surface area contributed by atoms with E-state index in [2.05, 4.69) is 33.1 Å². The van der Waals surface area contributed by atoms with Crippen LogP contribution in [-0.4, -0.2) is 41.6 Å². The van der Waals surface area contributed by atoms with E-state index in [0.717, 1.165) is 19.3 Å². The fourth-order valence-electron chi connectivity index (χ4n) is 3.94. The normalized spacial score (nSPS) is 12.5. The molecule has 37 heavy (non-hydrogen) atoms. The van der Waals surface area contributed by atoms with Gasteiger partial charge in [0.05, 0.1) is 10.7 Å². The standard InChI is InChI=1S/C26H27Cl2FN6O2/c1-2-3-4-11-31-25(36)16-5-7-17(8-6-16)32-26(37)21-14-22-24(34-33-21)30-12-13-35(22)15-18-19(27)9-10-20(29)23(18)28/h5-10,14H,2-4,11-13,15H2,1H3,(H,30,34)(H,31,36)(H,32,37). The topological polar surface area (TPSA) is 99.2 Å². The van der Waals surface area contributed by atoms with Gasteiger partial charge in [-0.3, -0.25) is 9.59 Å². The van der Waals surface area contributed by atoms with E-state index in [1.54, 1.807) is 30.3 Å². The largest absolute Gasteiger partial charge is 0.365 e. The Bertz CT molecular complexity index is 1290. The van der Waals surface area contributed by atoms with E-state index in [0.29, 0.717) is 53.0 Å². The Morgan fingerprint density at radius 1 is 1.08 bits per heavy atom. The quantitative estimate of drug-likeness (QED) is 0.242. The second-order valence-corrected chi connectivity index (χ2v) is 9.41. The van der Waals surface area contributed by atoms with Crippen LogP contribution in [-0.2, 0) is 6.54 Å². The molecule has 1 aliphatic rings. The highest BCUT2D eigenvalue weighted by molar-refractivity contribution is 6.36. The summed E-state index contributed by atoms with van der Waals surface area (Å²) in [6.07, 6.45) is 3.09. The van der Waals surface area contributed by atoms with Crippen molar-refractivity contribution in [3.8, 4) is 0 Å². The summed E-state index contributed by atoms with van der Waals surface area (Å²) in [5, 5.41) is 17.3. The van der Waals surface area contributed by atoms with E-state index in [1.165, 1.54) is 12.1 Å². The molecule has 8 nitrogen and oxygen atoms in total. The monoisotopic (exact) mass is 544 g/mol. The van der Waals surface area contributed by atoms with Crippen molar-refractivity contribution in [3.63, 3.8) is 0 Å². The van der Waals surface area contributed by atoms with Gasteiger partial charge in [-0.05, 0) is 48.9 Å². The van der Waals surface area contributed by atoms with Crippen LogP contribution in [0.1, 0.15) is 52.6 Å². The second kappa shape index (κ2) is 12.2. The summed E-state index contributed by atoms with van der Waals surface area (Å²) in [5.74, 6) is -0.662. The molecular weight excluding hydrogens is 518 g/mol. The molecule has 2 aromatic carbocycles. The zero-order valence-corrected chi connectivity index (χ0v) is 21.8. The highest BCUT2D eigenvalue weighted by atomic mass is 35.5. The summed E-state index contributed by atoms with van der Waals surface area (Å²) in [7, 11) is 0. The van der Waals surface area contributed by atoms with Gasteiger partial charge in [-0.25, -0.2) is 4.39 Å². The van der Waals surface area contributed by atoms with Crippen LogP contribution in [0.4, 0.5) is 21.6 Å². The van der Waals surface area contributed by atoms with E-state index in [1.807, 2.05) is 4.90 Å². The summed E-state index contributed by atoms with van der Waals surface area (Å²) >= 11 is 12.4. The summed E-state index contributed by atoms with van der Waals surface area (Å²) in [4.78, 5) is 27.1. The average molecular weight is 545 g/mol. The van der Waals surface area contributed by atoms with Crippen molar-refractivity contribution < 1.29 is 14.0 Å². The Hall–Kier alpha value is -3.43. The van der Waals surface area contributed by atoms with Gasteiger partial charge < -0.3 is 20.9 Å². The van der Waals surface area contributed by atoms with Gasteiger partial charge in [0.15, 0.2) is 11.5 Å². The number of halogens is 3. The molecule has 0 spiro atoms. The first kappa shape index (κ1) is 26.6. The zero-order chi connectivity index (χ0) is 26.4. The van der Waals surface area contributed by atoms with Crippen molar-refractivity contribution in [2.45, 2.75) is 32.7 Å². The number of carbonyl (C=O) groups is 2. The number of unbranched alkanes of at least 4 members (excludes halogenated alkanes) is 2. The Morgan fingerprint density at radius 3 is 2.62 bits per heavy atom. The lowest BCUT2D eigenvalue weighted by Crippen LogP contribution is -2.35. The van der Waals surface area contributed by atoms with Crippen molar-refractivity contribution >= 4 is 52.2 Å². The molecule has 0 saturated carbocycles. The fraction of sp³-hybridized carbons (Fsp3) is 0.308. The molecule has 0 fully saturated rings. The van der Waals surface area contributed by atoms with E-state index in [9.17, 15) is 14.0 Å². The van der Waals surface area contributed by atoms with Crippen LogP contribution < -0.4 is 20.9 Å². The summed E-state index contributed by atoms with van der Waals surface area (Å²) < 4.78 is 14.0. The third kappa shape index (κ3) is 6.47. The molecular formula is C26H27Cl2FN6O2. The first-order chi connectivity index (χ1) is 17.9. The molecule has 11 heteroatoms. The van der Waals surface area contributed by atoms with Crippen molar-refractivity contribution in [1.29, 1.82) is 0 Å². The molecule has 0 saturated heterocycles. The van der Waals surface area contributed by atoms with Crippen molar-refractivity contribution in [2.24, 2.45) is 0 Å². The summed E-state index contributed by atoms with van der Waals surface area (Å²) in [6, 6.07) is 10.9. The maximum Gasteiger partial charge on any atom is 0.276 e. The maximum atomic E-state index is 14.0. The lowest BCUT2D eigenvalue weighted by atomic mass is 10.1. The lowest BCUT2D eigenvalue weighted by molar-refractivity contribution is 0.0952. The van der Waals surface area contributed by atoms with Crippen LogP contribution >= 0.6 is 23.2 Å². The van der Waals surface area contributed by atoms with Crippen LogP contribution in [0.25, 0.3) is 0 Å². The highest BCUT2D eigenvalue weighted by Crippen LogP contribution is 2.33. The van der Waals surface area contributed by atoms with E-state index < -0.39 is 11.7 Å². The van der Waals surface area contributed by atoms with Crippen LogP contribution in [0.2, 0.25) is 10.0 Å². The maximum absolute atomic E-state index is 14.0. The zero-order valence-electron chi connectivity index (χ0n) is 20.3. The van der Waals surface area contributed by atoms with Crippen molar-refractivity contribution in [2.75, 3.05) is 35.2 Å². The minimum absolute atomic E-state index is 0.0364. The summed E-state index contributed by atoms with van der Waals surface area (Å²) in [6.45, 7) is 4.11. The molecule has 4 rings (SSSR count). The van der Waals surface area contributed by atoms with Crippen LogP contribution in [0.5, 0.6) is 0 Å². The number of nitrogens with zero attached hydrogens (tertiary/aromatic N) is 3. The average Bonchev–Trinajstić information content (AvgIpc) is 2.91. The lowest BCUT2D eigenvalue weighted by Gasteiger charge is -2.31. The molecule has 3 aromatic rings. The number of hydrogen-bond donors (Lipinski definition) is 3. The number of benzene rings is 2. The molecule has 0 bridgehead atoms. The van der Waals surface area contributed by atoms with Crippen molar-refractivity contribution in [3.05, 3.63) is 75.1 Å². The van der Waals surface area contributed by atoms with Gasteiger partial charge in [-0.15, -0.1) is 10.2 Å². The second-order valence-electron chi connectivity index (χ2n) is 8.63. The van der Waals surface area contributed by atoms with Crippen molar-refractivity contribution in [1.82, 2.24) is 15.5 Å². The molecule has 2 amide bonds. The Kier molecular flexibility index (Phi) is 8.78. The van der Waals surface area contributed by atoms with Gasteiger partial charge in [0, 0.05) is 48.0 Å². The highest BCUT2D eigenvalue weighted by Gasteiger charge is 2.23. The third-order valence-electron chi connectivity index (χ3n) is 5.98. The third-order valence-corrected chi connectivity index (χ3v) is 6.74. The SMILES string of the molecule is CCCCCNC(=O)c1ccc(NC(=O)c2cc3c(nn2)NCCN3Cc2c(Cl)ccc(F)c2Cl)cc1. The Labute approximate surface area is 224 Å². The number of nitrogens with one attached hydrogen (secondary N) is 3. The van der Waals surface area contributed by atoms with Crippen LogP contribution in [0, 0.1) is 5.82 Å². The molecule has 3 N–H and O–H groups in total. The fourth-order valence-corrected chi connectivity index (χ4v) is 4.43. The molecule has 2 heterocycles. The number of amides is 2. The Balaban J connectivity index is 1.45. The number of carbonyl (C=O) groups excluding carboxylic acids is 2. The number of aromatic nitrogens is 2. The first-order valence-electron chi connectivity index (χ1n) is 12.1. The number of hydrogen-bond acceptors (Lipinski definition) is 6. The summed E-state index contributed by atoms with van der Waals surface area (Å²) in [5.41, 5.74) is 2.20. The number of anilines is 3. The van der Waals surface area contributed by atoms with Gasteiger partial charge in [-0.1, -0.05) is 43.0 Å². The predicted octanol–water partition coefficient (Wildman–Crippen LogP) is 5.53. The van der Waals surface area contributed by atoms with Gasteiger partial charge in [0.1, 0.15) is 5.82 Å². The number of rotatable bonds is 9. The first-order valence-corrected chi connectivity index (χ1v) is 12.8. The molecule has 0 radical (unpaired) electrons. The molecule has 194 valence electrons. The molecule has 0 aliphatic carbocycles. The molecule has 0 unspecified atom stereocenters. The smallest absolute Gasteiger partial charge is 0.276 e. The minimum atomic E-state index is -0.552. The molecule has 1 aliphatic heterocycles.